The van der Waals surface area contributed by atoms with Crippen molar-refractivity contribution in [1.29, 1.82) is 0 Å². The maximum Gasteiger partial charge on any atom is 0.227 e. The molecule has 0 aromatic heterocycles. The first-order chi connectivity index (χ1) is 8.83. The molecule has 0 unspecified atom stereocenters. The predicted molar refractivity (Wildman–Crippen MR) is 69.5 cm³/mol. The van der Waals surface area contributed by atoms with Crippen LogP contribution in [0.5, 0.6) is 0 Å². The monoisotopic (exact) mass is 246 g/mol. The Hall–Kier alpha value is -1.39. The van der Waals surface area contributed by atoms with Gasteiger partial charge in [-0.2, -0.15) is 0 Å². The van der Waals surface area contributed by atoms with Crippen molar-refractivity contribution in [2.75, 3.05) is 24.7 Å². The molecular weight excluding hydrogens is 228 g/mol. The Morgan fingerprint density at radius 1 is 1.28 bits per heavy atom. The molecule has 2 saturated heterocycles. The number of ether oxygens (including phenoxy) is 1. The van der Waals surface area contributed by atoms with Crippen LogP contribution in [0.15, 0.2) is 24.3 Å². The normalized spacial score (nSPS) is 20.2. The summed E-state index contributed by atoms with van der Waals surface area (Å²) in [5.74, 6) is 0.243. The number of nitrogens with zero attached hydrogens (tertiary/aromatic N) is 1. The van der Waals surface area contributed by atoms with E-state index in [4.69, 9.17) is 4.74 Å². The molecule has 2 aliphatic rings. The van der Waals surface area contributed by atoms with Crippen molar-refractivity contribution in [3.63, 3.8) is 0 Å². The summed E-state index contributed by atoms with van der Waals surface area (Å²) in [5.41, 5.74) is 2.27. The molecule has 0 aliphatic carbocycles. The molecule has 1 aromatic rings. The van der Waals surface area contributed by atoms with Crippen molar-refractivity contribution in [3.8, 4) is 0 Å². The first-order valence-electron chi connectivity index (χ1n) is 6.53. The fraction of sp³-hybridized carbons (Fsp3) is 0.500. The Morgan fingerprint density at radius 3 is 2.61 bits per heavy atom. The molecule has 3 rings (SSSR count). The van der Waals surface area contributed by atoms with Crippen molar-refractivity contribution in [3.05, 3.63) is 29.8 Å². The lowest BCUT2D eigenvalue weighted by molar-refractivity contribution is -0.117. The molecule has 0 bridgehead atoms. The Bertz CT molecular complexity index is 426. The van der Waals surface area contributed by atoms with Gasteiger partial charge in [0.05, 0.1) is 19.3 Å². The number of rotatable bonds is 4. The second kappa shape index (κ2) is 5.08. The van der Waals surface area contributed by atoms with Crippen LogP contribution in [0.25, 0.3) is 0 Å². The van der Waals surface area contributed by atoms with E-state index in [0.29, 0.717) is 12.5 Å². The second-order valence-corrected chi connectivity index (χ2v) is 4.93. The summed E-state index contributed by atoms with van der Waals surface area (Å²) in [6.45, 7) is 3.36. The van der Waals surface area contributed by atoms with E-state index in [-0.39, 0.29) is 5.91 Å². The van der Waals surface area contributed by atoms with E-state index in [1.807, 2.05) is 17.0 Å². The molecule has 96 valence electrons. The maximum atomic E-state index is 11.6. The van der Waals surface area contributed by atoms with Crippen LogP contribution in [0, 0.1) is 0 Å². The van der Waals surface area contributed by atoms with Crippen LogP contribution in [0.4, 0.5) is 5.69 Å². The number of nitrogens with one attached hydrogen (secondary N) is 1. The van der Waals surface area contributed by atoms with Crippen molar-refractivity contribution in [2.45, 2.75) is 25.4 Å². The van der Waals surface area contributed by atoms with Gasteiger partial charge in [0.1, 0.15) is 0 Å². The molecular formula is C14H18N2O2. The van der Waals surface area contributed by atoms with E-state index in [2.05, 4.69) is 17.4 Å². The molecule has 0 saturated carbocycles. The van der Waals surface area contributed by atoms with Gasteiger partial charge in [-0.25, -0.2) is 0 Å². The second-order valence-electron chi connectivity index (χ2n) is 4.93. The average molecular weight is 246 g/mol. The predicted octanol–water partition coefficient (Wildman–Crippen LogP) is 1.30. The topological polar surface area (TPSA) is 41.6 Å². The van der Waals surface area contributed by atoms with Gasteiger partial charge in [0, 0.05) is 25.2 Å². The molecule has 4 heteroatoms. The molecule has 2 fully saturated rings. The van der Waals surface area contributed by atoms with Gasteiger partial charge in [0.2, 0.25) is 5.91 Å². The number of benzene rings is 1. The quantitative estimate of drug-likeness (QED) is 0.870. The molecule has 18 heavy (non-hydrogen) atoms. The summed E-state index contributed by atoms with van der Waals surface area (Å²) >= 11 is 0. The van der Waals surface area contributed by atoms with Crippen LogP contribution < -0.4 is 10.2 Å². The summed E-state index contributed by atoms with van der Waals surface area (Å²) in [7, 11) is 0. The summed E-state index contributed by atoms with van der Waals surface area (Å²) < 4.78 is 5.12. The van der Waals surface area contributed by atoms with E-state index >= 15 is 0 Å². The van der Waals surface area contributed by atoms with E-state index < -0.39 is 0 Å². The van der Waals surface area contributed by atoms with E-state index in [1.54, 1.807) is 0 Å². The lowest BCUT2D eigenvalue weighted by atomic mass is 10.1. The minimum absolute atomic E-state index is 0.243. The first kappa shape index (κ1) is 11.7. The van der Waals surface area contributed by atoms with Gasteiger partial charge < -0.3 is 15.0 Å². The van der Waals surface area contributed by atoms with Gasteiger partial charge in [0.25, 0.3) is 0 Å². The Labute approximate surface area is 107 Å². The van der Waals surface area contributed by atoms with Crippen LogP contribution in [-0.4, -0.2) is 31.7 Å². The highest BCUT2D eigenvalue weighted by molar-refractivity contribution is 5.95. The average Bonchev–Trinajstić information content (AvgIpc) is 2.74. The van der Waals surface area contributed by atoms with Gasteiger partial charge in [-0.1, -0.05) is 12.1 Å². The molecule has 0 radical (unpaired) electrons. The zero-order valence-electron chi connectivity index (χ0n) is 10.4. The molecule has 1 aromatic carbocycles. The summed E-state index contributed by atoms with van der Waals surface area (Å²) in [4.78, 5) is 13.5. The fourth-order valence-electron chi connectivity index (χ4n) is 2.33. The van der Waals surface area contributed by atoms with E-state index in [1.165, 1.54) is 5.56 Å². The molecule has 2 heterocycles. The molecule has 4 nitrogen and oxygen atoms in total. The number of hydrogen-bond acceptors (Lipinski definition) is 3. The van der Waals surface area contributed by atoms with Crippen molar-refractivity contribution in [2.24, 2.45) is 0 Å². The highest BCUT2D eigenvalue weighted by Gasteiger charge is 2.21. The SMILES string of the molecule is O=C1CCCN1c1ccc(CNC2COC2)cc1. The Morgan fingerprint density at radius 2 is 2.06 bits per heavy atom. The van der Waals surface area contributed by atoms with E-state index in [0.717, 1.165) is 38.4 Å². The lowest BCUT2D eigenvalue weighted by Gasteiger charge is -2.27. The summed E-state index contributed by atoms with van der Waals surface area (Å²) in [5, 5.41) is 3.43. The van der Waals surface area contributed by atoms with Crippen molar-refractivity contribution >= 4 is 11.6 Å². The largest absolute Gasteiger partial charge is 0.378 e. The molecule has 2 aliphatic heterocycles. The first-order valence-corrected chi connectivity index (χ1v) is 6.53. The van der Waals surface area contributed by atoms with Crippen LogP contribution in [0.1, 0.15) is 18.4 Å². The van der Waals surface area contributed by atoms with Gasteiger partial charge in [-0.15, -0.1) is 0 Å². The number of hydrogen-bond donors (Lipinski definition) is 1. The maximum absolute atomic E-state index is 11.6. The van der Waals surface area contributed by atoms with E-state index in [9.17, 15) is 4.79 Å². The Kier molecular flexibility index (Phi) is 3.30. The third-order valence-electron chi connectivity index (χ3n) is 3.55. The zero-order chi connectivity index (χ0) is 12.4. The highest BCUT2D eigenvalue weighted by atomic mass is 16.5. The van der Waals surface area contributed by atoms with Crippen LogP contribution in [0.3, 0.4) is 0 Å². The van der Waals surface area contributed by atoms with Gasteiger partial charge in [-0.05, 0) is 24.1 Å². The summed E-state index contributed by atoms with van der Waals surface area (Å²) in [6, 6.07) is 8.76. The standard InChI is InChI=1S/C14H18N2O2/c17-14-2-1-7-16(14)13-5-3-11(4-6-13)8-15-12-9-18-10-12/h3-6,12,15H,1-2,7-10H2. The van der Waals surface area contributed by atoms with Crippen LogP contribution in [-0.2, 0) is 16.1 Å². The smallest absolute Gasteiger partial charge is 0.227 e. The van der Waals surface area contributed by atoms with Crippen LogP contribution in [0.2, 0.25) is 0 Å². The number of carbonyl (C=O) groups is 1. The zero-order valence-corrected chi connectivity index (χ0v) is 10.4. The van der Waals surface area contributed by atoms with Gasteiger partial charge in [-0.3, -0.25) is 4.79 Å². The molecule has 1 amide bonds. The van der Waals surface area contributed by atoms with Gasteiger partial charge >= 0.3 is 0 Å². The number of anilines is 1. The number of amides is 1. The minimum atomic E-state index is 0.243. The third kappa shape index (κ3) is 2.40. The summed E-state index contributed by atoms with van der Waals surface area (Å²) in [6.07, 6.45) is 1.66. The molecule has 0 spiro atoms. The Balaban J connectivity index is 1.59. The third-order valence-corrected chi connectivity index (χ3v) is 3.55. The molecule has 0 atom stereocenters. The number of carbonyl (C=O) groups excluding carboxylic acids is 1. The van der Waals surface area contributed by atoms with Crippen molar-refractivity contribution < 1.29 is 9.53 Å². The molecule has 1 N–H and O–H groups in total. The highest BCUT2D eigenvalue weighted by Crippen LogP contribution is 2.21. The fourth-order valence-corrected chi connectivity index (χ4v) is 2.33. The van der Waals surface area contributed by atoms with Crippen LogP contribution >= 0.6 is 0 Å². The lowest BCUT2D eigenvalue weighted by Crippen LogP contribution is -2.45. The van der Waals surface area contributed by atoms with Gasteiger partial charge in [0.15, 0.2) is 0 Å². The minimum Gasteiger partial charge on any atom is -0.378 e. The van der Waals surface area contributed by atoms with Crippen molar-refractivity contribution in [1.82, 2.24) is 5.32 Å².